The molecule has 4 saturated carbocycles. The van der Waals surface area contributed by atoms with Crippen LogP contribution in [0.2, 0.25) is 0 Å². The van der Waals surface area contributed by atoms with Crippen LogP contribution in [0, 0.1) is 45.3 Å². The van der Waals surface area contributed by atoms with E-state index in [1.54, 1.807) is 0 Å². The molecule has 0 N–H and O–H groups in total. The average molecular weight is 419 g/mol. The van der Waals surface area contributed by atoms with Crippen LogP contribution >= 0.6 is 0 Å². The van der Waals surface area contributed by atoms with Crippen molar-refractivity contribution in [1.29, 1.82) is 0 Å². The molecule has 0 heterocycles. The first-order valence-electron chi connectivity index (χ1n) is 12.4. The van der Waals surface area contributed by atoms with Crippen LogP contribution in [0.5, 0.6) is 0 Å². The molecule has 0 amide bonds. The van der Waals surface area contributed by atoms with Crippen molar-refractivity contribution in [3.05, 3.63) is 0 Å². The molecule has 0 aliphatic heterocycles. The van der Waals surface area contributed by atoms with E-state index in [1.165, 1.54) is 12.8 Å². The van der Waals surface area contributed by atoms with Gasteiger partial charge in [-0.2, -0.15) is 0 Å². The third-order valence-corrected chi connectivity index (χ3v) is 10.0. The molecule has 6 unspecified atom stereocenters. The molecular weight excluding hydrogens is 376 g/mol. The summed E-state index contributed by atoms with van der Waals surface area (Å²) in [6.07, 6.45) is 7.00. The summed E-state index contributed by atoms with van der Waals surface area (Å²) in [4.78, 5) is 26.8. The molecule has 0 aromatic rings. The average Bonchev–Trinajstić information content (AvgIpc) is 3.38. The Hall–Kier alpha value is -1.06. The van der Waals surface area contributed by atoms with Crippen LogP contribution in [0.15, 0.2) is 0 Å². The lowest BCUT2D eigenvalue weighted by molar-refractivity contribution is -0.200. The Kier molecular flexibility index (Phi) is 5.14. The molecule has 4 rings (SSSR count). The minimum absolute atomic E-state index is 0.0172. The standard InChI is InChI=1S/C26H42O4/c1-8-9-20(29-21(27)25-14-16(2)10-12-18(25)23(25,4)5)30-22(28)26-15-17(3)11-13-19(26)24(26,6)7/h16-20H,8-15H2,1-7H3. The summed E-state index contributed by atoms with van der Waals surface area (Å²) in [5.74, 6) is 1.62. The van der Waals surface area contributed by atoms with Crippen LogP contribution in [0.1, 0.15) is 99.8 Å². The van der Waals surface area contributed by atoms with Crippen LogP contribution < -0.4 is 0 Å². The molecule has 0 spiro atoms. The topological polar surface area (TPSA) is 52.6 Å². The summed E-state index contributed by atoms with van der Waals surface area (Å²) >= 11 is 0. The minimum Gasteiger partial charge on any atom is -0.425 e. The first kappa shape index (κ1) is 22.1. The van der Waals surface area contributed by atoms with E-state index in [4.69, 9.17) is 9.47 Å². The van der Waals surface area contributed by atoms with Crippen LogP contribution in [0.4, 0.5) is 0 Å². The van der Waals surface area contributed by atoms with Gasteiger partial charge in [-0.15, -0.1) is 0 Å². The Morgan fingerprint density at radius 2 is 1.20 bits per heavy atom. The zero-order chi connectivity index (χ0) is 22.1. The number of hydrogen-bond donors (Lipinski definition) is 0. The maximum absolute atomic E-state index is 13.4. The molecule has 0 saturated heterocycles. The van der Waals surface area contributed by atoms with Crippen molar-refractivity contribution < 1.29 is 19.1 Å². The number of fused-ring (bicyclic) bond motifs is 2. The Balaban J connectivity index is 1.47. The third kappa shape index (κ3) is 2.84. The van der Waals surface area contributed by atoms with Crippen molar-refractivity contribution in [3.8, 4) is 0 Å². The Morgan fingerprint density at radius 3 is 1.57 bits per heavy atom. The second-order valence-electron chi connectivity index (χ2n) is 12.3. The van der Waals surface area contributed by atoms with Gasteiger partial charge in [-0.1, -0.05) is 61.3 Å². The van der Waals surface area contributed by atoms with Gasteiger partial charge in [0.25, 0.3) is 0 Å². The largest absolute Gasteiger partial charge is 0.425 e. The Bertz CT molecular complexity index is 667. The van der Waals surface area contributed by atoms with Crippen LogP contribution in [-0.4, -0.2) is 18.2 Å². The SMILES string of the molecule is CCCC(OC(=O)C12CC(C)CCC1C2(C)C)OC(=O)C12CC(C)CCC1C2(C)C. The van der Waals surface area contributed by atoms with Gasteiger partial charge in [-0.25, -0.2) is 0 Å². The van der Waals surface area contributed by atoms with E-state index >= 15 is 0 Å². The van der Waals surface area contributed by atoms with Gasteiger partial charge in [0.1, 0.15) is 0 Å². The highest BCUT2D eigenvalue weighted by atomic mass is 16.7. The van der Waals surface area contributed by atoms with Gasteiger partial charge >= 0.3 is 11.9 Å². The smallest absolute Gasteiger partial charge is 0.316 e. The second kappa shape index (κ2) is 6.97. The lowest BCUT2D eigenvalue weighted by Crippen LogP contribution is -2.37. The van der Waals surface area contributed by atoms with Gasteiger partial charge in [0.15, 0.2) is 0 Å². The van der Waals surface area contributed by atoms with Gasteiger partial charge < -0.3 is 9.47 Å². The van der Waals surface area contributed by atoms with E-state index < -0.39 is 6.29 Å². The van der Waals surface area contributed by atoms with E-state index in [1.807, 2.05) is 6.92 Å². The summed E-state index contributed by atoms with van der Waals surface area (Å²) in [6, 6.07) is 0. The van der Waals surface area contributed by atoms with Crippen LogP contribution in [-0.2, 0) is 19.1 Å². The molecule has 6 atom stereocenters. The predicted molar refractivity (Wildman–Crippen MR) is 116 cm³/mol. The van der Waals surface area contributed by atoms with E-state index in [9.17, 15) is 9.59 Å². The Labute approximate surface area is 182 Å². The number of carbonyl (C=O) groups excluding carboxylic acids is 2. The molecule has 4 heteroatoms. The molecule has 30 heavy (non-hydrogen) atoms. The van der Waals surface area contributed by atoms with Gasteiger partial charge in [0, 0.05) is 6.42 Å². The first-order chi connectivity index (χ1) is 13.9. The fourth-order valence-corrected chi connectivity index (χ4v) is 7.97. The van der Waals surface area contributed by atoms with Crippen molar-refractivity contribution in [2.24, 2.45) is 45.3 Å². The quantitative estimate of drug-likeness (QED) is 0.385. The van der Waals surface area contributed by atoms with Gasteiger partial charge in [0.05, 0.1) is 10.8 Å². The molecular formula is C26H42O4. The van der Waals surface area contributed by atoms with Crippen molar-refractivity contribution in [2.45, 2.75) is 106 Å². The molecule has 0 bridgehead atoms. The van der Waals surface area contributed by atoms with Crippen molar-refractivity contribution >= 4 is 11.9 Å². The Morgan fingerprint density at radius 1 is 0.800 bits per heavy atom. The monoisotopic (exact) mass is 418 g/mol. The van der Waals surface area contributed by atoms with Crippen LogP contribution in [0.25, 0.3) is 0 Å². The molecule has 4 aliphatic carbocycles. The van der Waals surface area contributed by atoms with Gasteiger partial charge in [-0.05, 0) is 66.6 Å². The summed E-state index contributed by atoms with van der Waals surface area (Å²) in [5.41, 5.74) is -0.808. The van der Waals surface area contributed by atoms with E-state index in [0.717, 1.165) is 32.1 Å². The van der Waals surface area contributed by atoms with Crippen LogP contribution in [0.3, 0.4) is 0 Å². The lowest BCUT2D eigenvalue weighted by Gasteiger charge is -2.30. The number of rotatable bonds is 6. The summed E-state index contributed by atoms with van der Waals surface area (Å²) in [6.45, 7) is 15.3. The highest BCUT2D eigenvalue weighted by Gasteiger charge is 2.78. The normalized spacial score (nSPS) is 43.6. The number of esters is 2. The summed E-state index contributed by atoms with van der Waals surface area (Å²) in [5, 5.41) is 0. The molecule has 4 fully saturated rings. The fraction of sp³-hybridized carbons (Fsp3) is 0.923. The van der Waals surface area contributed by atoms with Crippen molar-refractivity contribution in [2.75, 3.05) is 0 Å². The number of carbonyl (C=O) groups is 2. The van der Waals surface area contributed by atoms with E-state index in [-0.39, 0.29) is 33.6 Å². The summed E-state index contributed by atoms with van der Waals surface area (Å²) in [7, 11) is 0. The minimum atomic E-state index is -0.748. The maximum atomic E-state index is 13.4. The highest BCUT2D eigenvalue weighted by Crippen LogP contribution is 2.77. The molecule has 0 aromatic heterocycles. The summed E-state index contributed by atoms with van der Waals surface area (Å²) < 4.78 is 12.0. The third-order valence-electron chi connectivity index (χ3n) is 10.0. The highest BCUT2D eigenvalue weighted by molar-refractivity contribution is 5.85. The predicted octanol–water partition coefficient (Wildman–Crippen LogP) is 6.12. The zero-order valence-electron chi connectivity index (χ0n) is 20.2. The zero-order valence-corrected chi connectivity index (χ0v) is 20.2. The molecule has 0 radical (unpaired) electrons. The van der Waals surface area contributed by atoms with E-state index in [2.05, 4.69) is 41.5 Å². The first-order valence-corrected chi connectivity index (χ1v) is 12.4. The lowest BCUT2D eigenvalue weighted by atomic mass is 9.80. The molecule has 0 aromatic carbocycles. The molecule has 4 nitrogen and oxygen atoms in total. The van der Waals surface area contributed by atoms with Crippen molar-refractivity contribution in [1.82, 2.24) is 0 Å². The van der Waals surface area contributed by atoms with E-state index in [0.29, 0.717) is 30.1 Å². The number of hydrogen-bond acceptors (Lipinski definition) is 4. The molecule has 170 valence electrons. The van der Waals surface area contributed by atoms with Gasteiger partial charge in [-0.3, -0.25) is 9.59 Å². The van der Waals surface area contributed by atoms with Gasteiger partial charge in [0.2, 0.25) is 6.29 Å². The molecule has 4 aliphatic rings. The number of ether oxygens (including phenoxy) is 2. The van der Waals surface area contributed by atoms with Crippen molar-refractivity contribution in [3.63, 3.8) is 0 Å². The maximum Gasteiger partial charge on any atom is 0.316 e. The second-order valence-corrected chi connectivity index (χ2v) is 12.3. The fourth-order valence-electron chi connectivity index (χ4n) is 7.97.